The van der Waals surface area contributed by atoms with Gasteiger partial charge in [0.15, 0.2) is 4.32 Å². The Morgan fingerprint density at radius 2 is 1.73 bits per heavy atom. The fourth-order valence-electron chi connectivity index (χ4n) is 3.32. The van der Waals surface area contributed by atoms with Gasteiger partial charge in [-0.1, -0.05) is 42.2 Å². The lowest BCUT2D eigenvalue weighted by molar-refractivity contribution is -0.139. The first-order valence-electron chi connectivity index (χ1n) is 8.89. The number of thioether (sulfide) groups is 1. The molecule has 9 heteroatoms. The highest BCUT2D eigenvalue weighted by atomic mass is 32.2. The molecule has 0 spiro atoms. The molecule has 2 amide bonds. The highest BCUT2D eigenvalue weighted by molar-refractivity contribution is 8.27. The van der Waals surface area contributed by atoms with Crippen LogP contribution in [0.3, 0.4) is 0 Å². The summed E-state index contributed by atoms with van der Waals surface area (Å²) in [6.07, 6.45) is 0. The molecule has 0 N–H and O–H groups in total. The van der Waals surface area contributed by atoms with Crippen LogP contribution in [0.2, 0.25) is 0 Å². The van der Waals surface area contributed by atoms with Gasteiger partial charge in [0.2, 0.25) is 0 Å². The second-order valence-electron chi connectivity index (χ2n) is 6.40. The molecule has 30 heavy (non-hydrogen) atoms. The van der Waals surface area contributed by atoms with Gasteiger partial charge in [-0.05, 0) is 30.3 Å². The van der Waals surface area contributed by atoms with Gasteiger partial charge in [0, 0.05) is 5.56 Å². The van der Waals surface area contributed by atoms with Crippen molar-refractivity contribution in [3.63, 3.8) is 0 Å². The number of amides is 2. The minimum absolute atomic E-state index is 0.237. The minimum Gasteiger partial charge on any atom is -0.497 e. The molecule has 2 aliphatic heterocycles. The quantitative estimate of drug-likeness (QED) is 0.411. The average molecular weight is 441 g/mol. The van der Waals surface area contributed by atoms with Gasteiger partial charge in [0.25, 0.3) is 11.8 Å². The molecule has 1 fully saturated rings. The second kappa shape index (κ2) is 7.92. The van der Waals surface area contributed by atoms with Gasteiger partial charge >= 0.3 is 5.97 Å². The van der Waals surface area contributed by atoms with Crippen molar-refractivity contribution in [1.82, 2.24) is 0 Å². The zero-order valence-corrected chi connectivity index (χ0v) is 17.7. The summed E-state index contributed by atoms with van der Waals surface area (Å²) in [7, 11) is 2.82. The number of carbonyl (C=O) groups excluding carboxylic acids is 3. The average Bonchev–Trinajstić information content (AvgIpc) is 3.20. The zero-order valence-electron chi connectivity index (χ0n) is 16.1. The number of hydrogen-bond donors (Lipinski definition) is 0. The van der Waals surface area contributed by atoms with E-state index in [1.807, 2.05) is 0 Å². The molecule has 0 radical (unpaired) electrons. The molecule has 2 aromatic carbocycles. The van der Waals surface area contributed by atoms with Crippen molar-refractivity contribution >= 4 is 63.0 Å². The summed E-state index contributed by atoms with van der Waals surface area (Å²) in [4.78, 5) is 41.2. The van der Waals surface area contributed by atoms with Gasteiger partial charge in [0.05, 0.1) is 36.1 Å². The van der Waals surface area contributed by atoms with E-state index in [-0.39, 0.29) is 22.9 Å². The minimum atomic E-state index is -0.551. The number of benzene rings is 2. The van der Waals surface area contributed by atoms with Gasteiger partial charge < -0.3 is 9.47 Å². The highest BCUT2D eigenvalue weighted by Gasteiger charge is 2.43. The van der Waals surface area contributed by atoms with Crippen molar-refractivity contribution < 1.29 is 23.9 Å². The third kappa shape index (κ3) is 3.25. The van der Waals surface area contributed by atoms with E-state index in [0.29, 0.717) is 27.0 Å². The summed E-state index contributed by atoms with van der Waals surface area (Å²) in [5, 5.41) is 0. The van der Waals surface area contributed by atoms with Crippen molar-refractivity contribution in [3.05, 3.63) is 59.0 Å². The van der Waals surface area contributed by atoms with Gasteiger partial charge in [0.1, 0.15) is 12.3 Å². The van der Waals surface area contributed by atoms with Crippen LogP contribution in [0.5, 0.6) is 5.75 Å². The highest BCUT2D eigenvalue weighted by Crippen LogP contribution is 2.45. The molecule has 0 bridgehead atoms. The maximum Gasteiger partial charge on any atom is 0.325 e. The van der Waals surface area contributed by atoms with E-state index >= 15 is 0 Å². The van der Waals surface area contributed by atoms with Crippen molar-refractivity contribution in [3.8, 4) is 5.75 Å². The van der Waals surface area contributed by atoms with E-state index in [4.69, 9.17) is 21.7 Å². The van der Waals surface area contributed by atoms with Crippen LogP contribution in [-0.4, -0.2) is 42.9 Å². The summed E-state index contributed by atoms with van der Waals surface area (Å²) in [6.45, 7) is -0.241. The van der Waals surface area contributed by atoms with E-state index in [9.17, 15) is 14.4 Å². The van der Waals surface area contributed by atoms with Crippen LogP contribution in [0.15, 0.2) is 53.4 Å². The molecule has 2 heterocycles. The third-order valence-electron chi connectivity index (χ3n) is 4.77. The number of esters is 1. The Hall–Kier alpha value is -3.17. The van der Waals surface area contributed by atoms with E-state index in [2.05, 4.69) is 0 Å². The van der Waals surface area contributed by atoms with Crippen LogP contribution in [0.4, 0.5) is 11.4 Å². The Morgan fingerprint density at radius 3 is 2.40 bits per heavy atom. The standard InChI is InChI=1S/C21H16N2O5S2/c1-27-13-9-7-12(8-10-13)23-20(26)18(30-21(23)29)17-14-5-3-4-6-15(14)22(19(17)25)11-16(24)28-2/h3-10H,11H2,1-2H3/b18-17-. The number of thiocarbonyl (C=S) groups is 1. The number of rotatable bonds is 4. The molecule has 0 aliphatic carbocycles. The summed E-state index contributed by atoms with van der Waals surface area (Å²) < 4.78 is 10.2. The lowest BCUT2D eigenvalue weighted by atomic mass is 10.1. The fourth-order valence-corrected chi connectivity index (χ4v) is 4.69. The van der Waals surface area contributed by atoms with Crippen molar-refractivity contribution in [2.75, 3.05) is 30.6 Å². The molecule has 2 aliphatic rings. The lowest BCUT2D eigenvalue weighted by Gasteiger charge is -2.15. The van der Waals surface area contributed by atoms with Crippen LogP contribution in [0.25, 0.3) is 5.57 Å². The van der Waals surface area contributed by atoms with Crippen LogP contribution in [0.1, 0.15) is 5.56 Å². The lowest BCUT2D eigenvalue weighted by Crippen LogP contribution is -2.33. The van der Waals surface area contributed by atoms with Crippen LogP contribution >= 0.6 is 24.0 Å². The number of methoxy groups -OCH3 is 2. The van der Waals surface area contributed by atoms with Crippen molar-refractivity contribution in [1.29, 1.82) is 0 Å². The molecule has 2 aromatic rings. The van der Waals surface area contributed by atoms with E-state index < -0.39 is 11.9 Å². The molecule has 0 aromatic heterocycles. The summed E-state index contributed by atoms with van der Waals surface area (Å²) in [5.41, 5.74) is 1.96. The predicted molar refractivity (Wildman–Crippen MR) is 118 cm³/mol. The van der Waals surface area contributed by atoms with E-state index in [1.165, 1.54) is 16.9 Å². The molecular formula is C21H16N2O5S2. The Kier molecular flexibility index (Phi) is 5.31. The SMILES string of the molecule is COC(=O)CN1C(=O)/C(=C2\SC(=S)N(c3ccc(OC)cc3)C2=O)c2ccccc21. The summed E-state index contributed by atoms with van der Waals surface area (Å²) in [5.74, 6) is -0.712. The molecule has 4 rings (SSSR count). The number of fused-ring (bicyclic) bond motifs is 1. The van der Waals surface area contributed by atoms with Gasteiger partial charge in [-0.25, -0.2) is 0 Å². The number of para-hydroxylation sites is 1. The first-order valence-corrected chi connectivity index (χ1v) is 10.1. The molecule has 0 saturated carbocycles. The number of ether oxygens (including phenoxy) is 2. The van der Waals surface area contributed by atoms with E-state index in [1.54, 1.807) is 55.6 Å². The second-order valence-corrected chi connectivity index (χ2v) is 8.04. The topological polar surface area (TPSA) is 76.2 Å². The number of nitrogens with zero attached hydrogens (tertiary/aromatic N) is 2. The predicted octanol–water partition coefficient (Wildman–Crippen LogP) is 2.99. The maximum absolute atomic E-state index is 13.3. The number of carbonyl (C=O) groups is 3. The number of anilines is 2. The summed E-state index contributed by atoms with van der Waals surface area (Å²) in [6, 6.07) is 13.9. The molecule has 1 saturated heterocycles. The Labute approximate surface area is 182 Å². The molecule has 0 unspecified atom stereocenters. The van der Waals surface area contributed by atoms with Crippen molar-refractivity contribution in [2.24, 2.45) is 0 Å². The molecular weight excluding hydrogens is 424 g/mol. The number of hydrogen-bond acceptors (Lipinski definition) is 7. The van der Waals surface area contributed by atoms with Gasteiger partial charge in [-0.2, -0.15) is 0 Å². The third-order valence-corrected chi connectivity index (χ3v) is 6.14. The Morgan fingerprint density at radius 1 is 1.03 bits per heavy atom. The largest absolute Gasteiger partial charge is 0.497 e. The molecule has 7 nitrogen and oxygen atoms in total. The zero-order chi connectivity index (χ0) is 21.4. The normalized spacial score (nSPS) is 18.1. The van der Waals surface area contributed by atoms with Gasteiger partial charge in [-0.3, -0.25) is 24.2 Å². The van der Waals surface area contributed by atoms with Crippen LogP contribution < -0.4 is 14.5 Å². The van der Waals surface area contributed by atoms with Crippen LogP contribution in [0, 0.1) is 0 Å². The van der Waals surface area contributed by atoms with Crippen LogP contribution in [-0.2, 0) is 19.1 Å². The Bertz CT molecular complexity index is 1110. The fraction of sp³-hybridized carbons (Fsp3) is 0.143. The first-order chi connectivity index (χ1) is 14.5. The summed E-state index contributed by atoms with van der Waals surface area (Å²) >= 11 is 6.50. The molecule has 0 atom stereocenters. The monoisotopic (exact) mass is 440 g/mol. The Balaban J connectivity index is 1.77. The van der Waals surface area contributed by atoms with Gasteiger partial charge in [-0.15, -0.1) is 0 Å². The van der Waals surface area contributed by atoms with E-state index in [0.717, 1.165) is 11.8 Å². The van der Waals surface area contributed by atoms with Crippen molar-refractivity contribution in [2.45, 2.75) is 0 Å². The smallest absolute Gasteiger partial charge is 0.325 e. The molecule has 152 valence electrons. The first kappa shape index (κ1) is 20.1. The maximum atomic E-state index is 13.3.